The number of hydrogen-bond acceptors (Lipinski definition) is 1. The highest BCUT2D eigenvalue weighted by Crippen LogP contribution is 2.48. The fraction of sp³-hybridized carbons (Fsp3) is 0.0755. The van der Waals surface area contributed by atoms with Crippen molar-refractivity contribution < 1.29 is 0 Å². The molecule has 0 bridgehead atoms. The van der Waals surface area contributed by atoms with E-state index in [0.29, 0.717) is 0 Å². The van der Waals surface area contributed by atoms with Crippen LogP contribution in [0.25, 0.3) is 49.7 Å². The zero-order valence-electron chi connectivity index (χ0n) is 31.0. The van der Waals surface area contributed by atoms with Gasteiger partial charge in [0.05, 0.1) is 22.4 Å². The second-order valence-corrected chi connectivity index (χ2v) is 15.2. The van der Waals surface area contributed by atoms with Crippen LogP contribution in [0.5, 0.6) is 0 Å². The van der Waals surface area contributed by atoms with Gasteiger partial charge in [0.25, 0.3) is 0 Å². The van der Waals surface area contributed by atoms with Gasteiger partial charge in [-0.15, -0.1) is 0 Å². The van der Waals surface area contributed by atoms with Gasteiger partial charge in [-0.2, -0.15) is 0 Å². The van der Waals surface area contributed by atoms with Crippen LogP contribution < -0.4 is 0 Å². The molecule has 0 saturated carbocycles. The lowest BCUT2D eigenvalue weighted by Gasteiger charge is -2.25. The molecule has 1 aliphatic heterocycles. The van der Waals surface area contributed by atoms with E-state index in [9.17, 15) is 0 Å². The summed E-state index contributed by atoms with van der Waals surface area (Å²) < 4.78 is 2.47. The second-order valence-electron chi connectivity index (χ2n) is 15.2. The maximum Gasteiger partial charge on any atom is 0.0696 e. The van der Waals surface area contributed by atoms with Crippen molar-refractivity contribution in [2.24, 2.45) is 4.99 Å². The van der Waals surface area contributed by atoms with Crippen LogP contribution in [0.1, 0.15) is 47.6 Å². The Kier molecular flexibility index (Phi) is 7.92. The molecule has 0 amide bonds. The minimum absolute atomic E-state index is 0.0619. The maximum absolute atomic E-state index is 5.29. The Bertz CT molecular complexity index is 2750. The SMILES string of the molecule is CC1(C)C(c2ccccc2)=Nc2ccc3c4ccccc4n(-c4ccc(C(c5ccc(-c6ccccc6)cc5)c5ccc(-c6ccccc6)cc5)cc4)c3c21. The van der Waals surface area contributed by atoms with Crippen LogP contribution in [0.3, 0.4) is 0 Å². The fourth-order valence-electron chi connectivity index (χ4n) is 8.81. The molecule has 55 heavy (non-hydrogen) atoms. The van der Waals surface area contributed by atoms with E-state index in [4.69, 9.17) is 4.99 Å². The molecule has 2 nitrogen and oxygen atoms in total. The van der Waals surface area contributed by atoms with Crippen molar-refractivity contribution >= 4 is 33.2 Å². The van der Waals surface area contributed by atoms with Crippen molar-refractivity contribution in [2.75, 3.05) is 0 Å². The van der Waals surface area contributed by atoms with Crippen LogP contribution in [0, 0.1) is 0 Å². The molecule has 10 rings (SSSR count). The Balaban J connectivity index is 1.10. The summed E-state index contributed by atoms with van der Waals surface area (Å²) in [6.45, 7) is 4.65. The van der Waals surface area contributed by atoms with Crippen LogP contribution in [0.4, 0.5) is 5.69 Å². The van der Waals surface area contributed by atoms with E-state index in [1.54, 1.807) is 0 Å². The van der Waals surface area contributed by atoms with Crippen LogP contribution >= 0.6 is 0 Å². The molecule has 0 N–H and O–H groups in total. The second kappa shape index (κ2) is 13.3. The lowest BCUT2D eigenvalue weighted by molar-refractivity contribution is 0.741. The van der Waals surface area contributed by atoms with Gasteiger partial charge in [0.15, 0.2) is 0 Å². The number of hydrogen-bond donors (Lipinski definition) is 0. The Hall–Kier alpha value is -6.77. The molecule has 2 heteroatoms. The zero-order chi connectivity index (χ0) is 36.9. The third-order valence-electron chi connectivity index (χ3n) is 11.5. The smallest absolute Gasteiger partial charge is 0.0696 e. The first-order valence-electron chi connectivity index (χ1n) is 19.2. The Labute approximate surface area is 322 Å². The van der Waals surface area contributed by atoms with E-state index in [1.165, 1.54) is 71.9 Å². The van der Waals surface area contributed by atoms with E-state index in [2.05, 4.69) is 219 Å². The lowest BCUT2D eigenvalue weighted by atomic mass is 9.78. The molecule has 0 saturated heterocycles. The van der Waals surface area contributed by atoms with Crippen molar-refractivity contribution in [3.05, 3.63) is 228 Å². The molecule has 1 aliphatic rings. The fourth-order valence-corrected chi connectivity index (χ4v) is 8.81. The molecule has 8 aromatic carbocycles. The quantitative estimate of drug-likeness (QED) is 0.147. The van der Waals surface area contributed by atoms with E-state index in [1.807, 2.05) is 0 Å². The number of nitrogens with zero attached hydrogens (tertiary/aromatic N) is 2. The summed E-state index contributed by atoms with van der Waals surface area (Å²) >= 11 is 0. The number of rotatable bonds is 7. The Morgan fingerprint density at radius 2 is 0.873 bits per heavy atom. The Morgan fingerprint density at radius 3 is 1.42 bits per heavy atom. The van der Waals surface area contributed by atoms with E-state index in [0.717, 1.165) is 17.1 Å². The average molecular weight is 705 g/mol. The molecular formula is C53H40N2. The predicted octanol–water partition coefficient (Wildman–Crippen LogP) is 13.7. The van der Waals surface area contributed by atoms with Gasteiger partial charge >= 0.3 is 0 Å². The van der Waals surface area contributed by atoms with Gasteiger partial charge in [-0.25, -0.2) is 0 Å². The van der Waals surface area contributed by atoms with Gasteiger partial charge in [0.2, 0.25) is 0 Å². The first-order valence-corrected chi connectivity index (χ1v) is 19.2. The number of fused-ring (bicyclic) bond motifs is 5. The molecule has 2 heterocycles. The van der Waals surface area contributed by atoms with E-state index < -0.39 is 0 Å². The van der Waals surface area contributed by atoms with Gasteiger partial charge < -0.3 is 4.57 Å². The van der Waals surface area contributed by atoms with Crippen LogP contribution in [-0.4, -0.2) is 10.3 Å². The average Bonchev–Trinajstić information content (AvgIpc) is 3.73. The van der Waals surface area contributed by atoms with Crippen molar-refractivity contribution in [3.63, 3.8) is 0 Å². The van der Waals surface area contributed by atoms with E-state index >= 15 is 0 Å². The molecule has 0 aliphatic carbocycles. The monoisotopic (exact) mass is 704 g/mol. The topological polar surface area (TPSA) is 17.3 Å². The predicted molar refractivity (Wildman–Crippen MR) is 231 cm³/mol. The van der Waals surface area contributed by atoms with Gasteiger partial charge in [0, 0.05) is 33.4 Å². The molecule has 262 valence electrons. The number of para-hydroxylation sites is 1. The van der Waals surface area contributed by atoms with E-state index in [-0.39, 0.29) is 11.3 Å². The van der Waals surface area contributed by atoms with Gasteiger partial charge in [-0.05, 0) is 82.6 Å². The molecule has 1 aromatic heterocycles. The summed E-state index contributed by atoms with van der Waals surface area (Å²) in [4.78, 5) is 5.29. The van der Waals surface area contributed by atoms with Crippen molar-refractivity contribution in [1.82, 2.24) is 4.57 Å². The molecule has 0 radical (unpaired) electrons. The largest absolute Gasteiger partial charge is 0.309 e. The summed E-state index contributed by atoms with van der Waals surface area (Å²) in [5.74, 6) is 0.0619. The van der Waals surface area contributed by atoms with Gasteiger partial charge in [0.1, 0.15) is 0 Å². The van der Waals surface area contributed by atoms with Crippen LogP contribution in [0.2, 0.25) is 0 Å². The number of benzene rings is 8. The summed E-state index contributed by atoms with van der Waals surface area (Å²) in [7, 11) is 0. The van der Waals surface area contributed by atoms with Gasteiger partial charge in [-0.3, -0.25) is 4.99 Å². The standard InChI is InChI=1S/C53H40N2/c1-53(2)50-47(54-52(53)43-18-10-5-11-19-43)35-34-46-45-20-12-13-21-48(45)55(51(46)50)44-32-30-42(31-33-44)49(40-26-22-38(23-27-40)36-14-6-3-7-15-36)41-28-24-39(25-29-41)37-16-8-4-9-17-37/h3-35,49H,1-2H3. The summed E-state index contributed by atoms with van der Waals surface area (Å²) in [5.41, 5.74) is 16.6. The minimum Gasteiger partial charge on any atom is -0.309 e. The highest BCUT2D eigenvalue weighted by atomic mass is 15.0. The third-order valence-corrected chi connectivity index (χ3v) is 11.5. The molecule has 0 spiro atoms. The number of aromatic nitrogens is 1. The van der Waals surface area contributed by atoms with Crippen molar-refractivity contribution in [3.8, 4) is 27.9 Å². The molecular weight excluding hydrogens is 665 g/mol. The highest BCUT2D eigenvalue weighted by Gasteiger charge is 2.39. The molecule has 0 fully saturated rings. The number of aliphatic imine (C=N–C) groups is 1. The molecule has 0 unspecified atom stereocenters. The lowest BCUT2D eigenvalue weighted by Crippen LogP contribution is -2.27. The summed E-state index contributed by atoms with van der Waals surface area (Å²) in [6.07, 6.45) is 0. The highest BCUT2D eigenvalue weighted by molar-refractivity contribution is 6.19. The van der Waals surface area contributed by atoms with Crippen LogP contribution in [-0.2, 0) is 5.41 Å². The van der Waals surface area contributed by atoms with Crippen LogP contribution in [0.15, 0.2) is 205 Å². The first kappa shape index (κ1) is 32.8. The minimum atomic E-state index is -0.287. The Morgan fingerprint density at radius 1 is 0.418 bits per heavy atom. The normalized spacial score (nSPS) is 13.3. The molecule has 9 aromatic rings. The summed E-state index contributed by atoms with van der Waals surface area (Å²) in [5, 5.41) is 2.51. The van der Waals surface area contributed by atoms with Gasteiger partial charge in [-0.1, -0.05) is 176 Å². The van der Waals surface area contributed by atoms with Crippen molar-refractivity contribution in [1.29, 1.82) is 0 Å². The maximum atomic E-state index is 5.29. The first-order chi connectivity index (χ1) is 27.0. The summed E-state index contributed by atoms with van der Waals surface area (Å²) in [6, 6.07) is 72.7. The van der Waals surface area contributed by atoms with Crippen molar-refractivity contribution in [2.45, 2.75) is 25.2 Å². The zero-order valence-corrected chi connectivity index (χ0v) is 31.0. The third kappa shape index (κ3) is 5.61. The molecule has 0 atom stereocenters.